The molecule has 0 unspecified atom stereocenters. The third-order valence-electron chi connectivity index (χ3n) is 3.51. The smallest absolute Gasteiger partial charge is 0.0696 e. The molecule has 0 bridgehead atoms. The molecule has 1 aliphatic carbocycles. The third kappa shape index (κ3) is 1.31. The molecule has 0 aromatic carbocycles. The maximum absolute atomic E-state index is 9.62. The monoisotopic (exact) mass is 209 g/mol. The Morgan fingerprint density at radius 2 is 2.36 bits per heavy atom. The minimum atomic E-state index is -0.0600. The van der Waals surface area contributed by atoms with Crippen molar-refractivity contribution in [1.29, 1.82) is 0 Å². The largest absolute Gasteiger partial charge is 0.391 e. The number of hydrogen-bond donors (Lipinski definition) is 1. The Bertz CT molecular complexity index is 336. The second-order valence-corrected chi connectivity index (χ2v) is 5.30. The van der Waals surface area contributed by atoms with E-state index in [-0.39, 0.29) is 6.10 Å². The fourth-order valence-electron chi connectivity index (χ4n) is 2.44. The molecule has 1 fully saturated rings. The Morgan fingerprint density at radius 1 is 1.43 bits per heavy atom. The predicted octanol–water partition coefficient (Wildman–Crippen LogP) is 1.63. The molecular formula is C11H15NOS. The average Bonchev–Trinajstić information content (AvgIpc) is 2.62. The van der Waals surface area contributed by atoms with E-state index in [4.69, 9.17) is 0 Å². The van der Waals surface area contributed by atoms with Gasteiger partial charge in [0.25, 0.3) is 0 Å². The molecule has 0 amide bonds. The Balaban J connectivity index is 1.75. The van der Waals surface area contributed by atoms with E-state index < -0.39 is 0 Å². The average molecular weight is 209 g/mol. The highest BCUT2D eigenvalue weighted by Gasteiger charge is 2.35. The highest BCUT2D eigenvalue weighted by molar-refractivity contribution is 7.10. The minimum absolute atomic E-state index is 0.0600. The molecule has 1 N–H and O–H groups in total. The van der Waals surface area contributed by atoms with Gasteiger partial charge in [0.2, 0.25) is 0 Å². The molecule has 14 heavy (non-hydrogen) atoms. The van der Waals surface area contributed by atoms with Crippen molar-refractivity contribution in [2.45, 2.75) is 38.0 Å². The SMILES string of the molecule is O[C@@H]1CC[C@H]1N1CCc2sccc2C1. The summed E-state index contributed by atoms with van der Waals surface area (Å²) < 4.78 is 0. The zero-order chi connectivity index (χ0) is 9.54. The van der Waals surface area contributed by atoms with Gasteiger partial charge >= 0.3 is 0 Å². The first kappa shape index (κ1) is 8.89. The van der Waals surface area contributed by atoms with E-state index in [1.807, 2.05) is 11.3 Å². The Kier molecular flexibility index (Phi) is 2.11. The lowest BCUT2D eigenvalue weighted by molar-refractivity contribution is -0.0267. The Hall–Kier alpha value is -0.380. The van der Waals surface area contributed by atoms with Gasteiger partial charge in [-0.05, 0) is 36.3 Å². The first-order valence-corrected chi connectivity index (χ1v) is 6.20. The van der Waals surface area contributed by atoms with Crippen molar-refractivity contribution in [2.75, 3.05) is 6.54 Å². The Labute approximate surface area is 88.2 Å². The van der Waals surface area contributed by atoms with Crippen molar-refractivity contribution < 1.29 is 5.11 Å². The second kappa shape index (κ2) is 3.33. The van der Waals surface area contributed by atoms with Crippen LogP contribution in [-0.2, 0) is 13.0 Å². The van der Waals surface area contributed by atoms with Gasteiger partial charge in [-0.2, -0.15) is 0 Å². The molecule has 1 aromatic rings. The van der Waals surface area contributed by atoms with E-state index in [2.05, 4.69) is 16.3 Å². The van der Waals surface area contributed by atoms with Crippen molar-refractivity contribution in [3.05, 3.63) is 21.9 Å². The van der Waals surface area contributed by atoms with Crippen LogP contribution in [0.1, 0.15) is 23.3 Å². The first-order chi connectivity index (χ1) is 6.84. The molecule has 1 aliphatic heterocycles. The van der Waals surface area contributed by atoms with Crippen molar-refractivity contribution in [3.8, 4) is 0 Å². The quantitative estimate of drug-likeness (QED) is 0.760. The van der Waals surface area contributed by atoms with Crippen LogP contribution in [0.3, 0.4) is 0 Å². The number of fused-ring (bicyclic) bond motifs is 1. The molecule has 0 spiro atoms. The molecule has 3 heteroatoms. The number of rotatable bonds is 1. The van der Waals surface area contributed by atoms with Crippen LogP contribution in [0.15, 0.2) is 11.4 Å². The minimum Gasteiger partial charge on any atom is -0.391 e. The highest BCUT2D eigenvalue weighted by Crippen LogP contribution is 2.31. The van der Waals surface area contributed by atoms with Crippen molar-refractivity contribution in [1.82, 2.24) is 4.90 Å². The number of thiophene rings is 1. The van der Waals surface area contributed by atoms with Crippen LogP contribution in [-0.4, -0.2) is 28.7 Å². The van der Waals surface area contributed by atoms with Crippen LogP contribution in [0.5, 0.6) is 0 Å². The maximum Gasteiger partial charge on any atom is 0.0696 e. The van der Waals surface area contributed by atoms with Crippen LogP contribution in [0.25, 0.3) is 0 Å². The summed E-state index contributed by atoms with van der Waals surface area (Å²) in [6.07, 6.45) is 3.30. The van der Waals surface area contributed by atoms with E-state index in [0.29, 0.717) is 6.04 Å². The highest BCUT2D eigenvalue weighted by atomic mass is 32.1. The van der Waals surface area contributed by atoms with Crippen LogP contribution in [0, 0.1) is 0 Å². The summed E-state index contributed by atoms with van der Waals surface area (Å²) in [5, 5.41) is 11.8. The third-order valence-corrected chi connectivity index (χ3v) is 4.53. The summed E-state index contributed by atoms with van der Waals surface area (Å²) in [4.78, 5) is 4.00. The summed E-state index contributed by atoms with van der Waals surface area (Å²) in [5.41, 5.74) is 1.49. The second-order valence-electron chi connectivity index (χ2n) is 4.30. The molecule has 2 atom stereocenters. The normalized spacial score (nSPS) is 32.4. The number of aliphatic hydroxyl groups excluding tert-OH is 1. The van der Waals surface area contributed by atoms with Gasteiger partial charge in [-0.15, -0.1) is 11.3 Å². The molecule has 0 saturated heterocycles. The zero-order valence-electron chi connectivity index (χ0n) is 8.15. The van der Waals surface area contributed by atoms with Crippen molar-refractivity contribution >= 4 is 11.3 Å². The van der Waals surface area contributed by atoms with E-state index in [1.165, 1.54) is 18.4 Å². The van der Waals surface area contributed by atoms with E-state index in [9.17, 15) is 5.11 Å². The zero-order valence-corrected chi connectivity index (χ0v) is 8.96. The predicted molar refractivity (Wildman–Crippen MR) is 57.5 cm³/mol. The molecule has 1 aromatic heterocycles. The molecule has 3 rings (SSSR count). The maximum atomic E-state index is 9.62. The molecular weight excluding hydrogens is 194 g/mol. The summed E-state index contributed by atoms with van der Waals surface area (Å²) in [7, 11) is 0. The number of hydrogen-bond acceptors (Lipinski definition) is 3. The standard InChI is InChI=1S/C11H15NOS/c13-10-2-1-9(10)12-5-3-11-8(7-12)4-6-14-11/h4,6,9-10,13H,1-3,5,7H2/t9-,10-/m1/s1. The van der Waals surface area contributed by atoms with Gasteiger partial charge in [-0.25, -0.2) is 0 Å². The van der Waals surface area contributed by atoms with Crippen molar-refractivity contribution in [3.63, 3.8) is 0 Å². The van der Waals surface area contributed by atoms with Gasteiger partial charge in [0.05, 0.1) is 6.10 Å². The van der Waals surface area contributed by atoms with Gasteiger partial charge in [0.1, 0.15) is 0 Å². The molecule has 76 valence electrons. The molecule has 2 aliphatic rings. The van der Waals surface area contributed by atoms with Crippen LogP contribution < -0.4 is 0 Å². The van der Waals surface area contributed by atoms with Gasteiger partial charge in [-0.1, -0.05) is 0 Å². The van der Waals surface area contributed by atoms with Gasteiger partial charge < -0.3 is 5.11 Å². The fourth-order valence-corrected chi connectivity index (χ4v) is 3.33. The summed E-state index contributed by atoms with van der Waals surface area (Å²) in [6, 6.07) is 2.68. The van der Waals surface area contributed by atoms with Gasteiger partial charge in [0.15, 0.2) is 0 Å². The van der Waals surface area contributed by atoms with E-state index >= 15 is 0 Å². The lowest BCUT2D eigenvalue weighted by atomic mass is 9.86. The summed E-state index contributed by atoms with van der Waals surface area (Å²) in [6.45, 7) is 2.19. The lowest BCUT2D eigenvalue weighted by Gasteiger charge is -2.43. The molecule has 2 nitrogen and oxygen atoms in total. The van der Waals surface area contributed by atoms with Gasteiger partial charge in [0, 0.05) is 24.0 Å². The number of aliphatic hydroxyl groups is 1. The van der Waals surface area contributed by atoms with E-state index in [0.717, 1.165) is 19.5 Å². The van der Waals surface area contributed by atoms with E-state index in [1.54, 1.807) is 4.88 Å². The van der Waals surface area contributed by atoms with Crippen LogP contribution >= 0.6 is 11.3 Å². The van der Waals surface area contributed by atoms with Crippen LogP contribution in [0.4, 0.5) is 0 Å². The summed E-state index contributed by atoms with van der Waals surface area (Å²) >= 11 is 1.88. The fraction of sp³-hybridized carbons (Fsp3) is 0.636. The number of nitrogens with zero attached hydrogens (tertiary/aromatic N) is 1. The Morgan fingerprint density at radius 3 is 3.07 bits per heavy atom. The molecule has 0 radical (unpaired) electrons. The first-order valence-electron chi connectivity index (χ1n) is 5.32. The van der Waals surface area contributed by atoms with Crippen molar-refractivity contribution in [2.24, 2.45) is 0 Å². The lowest BCUT2D eigenvalue weighted by Crippen LogP contribution is -2.51. The van der Waals surface area contributed by atoms with Crippen LogP contribution in [0.2, 0.25) is 0 Å². The molecule has 2 heterocycles. The summed E-state index contributed by atoms with van der Waals surface area (Å²) in [5.74, 6) is 0. The molecule has 1 saturated carbocycles. The van der Waals surface area contributed by atoms with Gasteiger partial charge in [-0.3, -0.25) is 4.90 Å². The topological polar surface area (TPSA) is 23.5 Å².